The van der Waals surface area contributed by atoms with Gasteiger partial charge in [0, 0.05) is 6.42 Å². The lowest BCUT2D eigenvalue weighted by Crippen LogP contribution is -2.23. The highest BCUT2D eigenvalue weighted by Crippen LogP contribution is 2.27. The van der Waals surface area contributed by atoms with Gasteiger partial charge in [-0.2, -0.15) is 0 Å². The summed E-state index contributed by atoms with van der Waals surface area (Å²) in [5.74, 6) is -9.43. The minimum atomic E-state index is -2.06. The molecular weight excluding hydrogens is 266 g/mol. The topological polar surface area (TPSA) is 65.3 Å². The number of hydrogen-bond acceptors (Lipinski definition) is 2. The maximum atomic E-state index is 13.6. The van der Waals surface area contributed by atoms with Crippen LogP contribution in [0.15, 0.2) is 4.99 Å². The highest BCUT2D eigenvalue weighted by Gasteiger charge is 2.37. The Morgan fingerprint density at radius 2 is 1.63 bits per heavy atom. The lowest BCUT2D eigenvalue weighted by Gasteiger charge is -2.04. The van der Waals surface area contributed by atoms with Crippen LogP contribution in [-0.4, -0.2) is 17.6 Å². The van der Waals surface area contributed by atoms with E-state index in [9.17, 15) is 22.4 Å². The first-order valence-corrected chi connectivity index (χ1v) is 5.22. The lowest BCUT2D eigenvalue weighted by atomic mass is 10.1. The lowest BCUT2D eigenvalue weighted by molar-refractivity contribution is 0.0978. The molecular formula is C11H7F4N3O. The zero-order valence-electron chi connectivity index (χ0n) is 9.57. The number of hydrogen-bond donors (Lipinski definition) is 2. The van der Waals surface area contributed by atoms with Crippen molar-refractivity contribution in [1.29, 1.82) is 5.41 Å². The zero-order valence-corrected chi connectivity index (χ0v) is 9.57. The monoisotopic (exact) mass is 273 g/mol. The molecule has 100 valence electrons. The molecule has 0 saturated heterocycles. The first-order chi connectivity index (χ1) is 8.88. The average molecular weight is 273 g/mol. The molecule has 1 amide bonds. The molecule has 0 unspecified atom stereocenters. The van der Waals surface area contributed by atoms with Crippen molar-refractivity contribution in [2.45, 2.75) is 13.3 Å². The van der Waals surface area contributed by atoms with E-state index >= 15 is 0 Å². The van der Waals surface area contributed by atoms with Gasteiger partial charge in [0.1, 0.15) is 11.7 Å². The summed E-state index contributed by atoms with van der Waals surface area (Å²) in [6.45, 7) is 1.58. The van der Waals surface area contributed by atoms with E-state index in [1.807, 2.05) is 5.32 Å². The number of carbonyl (C=O) groups is 1. The Hall–Kier alpha value is -2.25. The fourth-order valence-corrected chi connectivity index (χ4v) is 1.60. The third kappa shape index (κ3) is 1.88. The zero-order chi connectivity index (χ0) is 14.3. The summed E-state index contributed by atoms with van der Waals surface area (Å²) in [5, 5.41) is 9.28. The second-order valence-electron chi connectivity index (χ2n) is 3.72. The van der Waals surface area contributed by atoms with E-state index in [0.717, 1.165) is 0 Å². The van der Waals surface area contributed by atoms with Crippen molar-refractivity contribution in [1.82, 2.24) is 5.32 Å². The average Bonchev–Trinajstić information content (AvgIpc) is 2.70. The molecule has 0 fully saturated rings. The molecule has 0 atom stereocenters. The number of benzene rings is 1. The summed E-state index contributed by atoms with van der Waals surface area (Å²) in [6.07, 6.45) is 0.169. The van der Waals surface area contributed by atoms with Crippen LogP contribution in [0.4, 0.5) is 17.6 Å². The second kappa shape index (κ2) is 4.45. The number of amides is 1. The number of fused-ring (bicyclic) bond motifs is 1. The molecule has 0 bridgehead atoms. The van der Waals surface area contributed by atoms with Crippen molar-refractivity contribution >= 4 is 17.6 Å². The van der Waals surface area contributed by atoms with E-state index in [4.69, 9.17) is 5.41 Å². The number of amidine groups is 2. The Labute approximate surface area is 104 Å². The molecule has 2 rings (SSSR count). The van der Waals surface area contributed by atoms with Gasteiger partial charge in [-0.05, 0) is 0 Å². The number of halogens is 4. The van der Waals surface area contributed by atoms with Gasteiger partial charge in [-0.3, -0.25) is 10.2 Å². The van der Waals surface area contributed by atoms with E-state index in [1.54, 1.807) is 6.92 Å². The number of rotatable bonds is 1. The SMILES string of the molecule is CCC(=N)N=C1NC(=O)c2c(F)c(F)c(F)c(F)c21. The van der Waals surface area contributed by atoms with E-state index in [-0.39, 0.29) is 12.3 Å². The molecule has 19 heavy (non-hydrogen) atoms. The van der Waals surface area contributed by atoms with Gasteiger partial charge in [-0.1, -0.05) is 6.92 Å². The van der Waals surface area contributed by atoms with Crippen LogP contribution >= 0.6 is 0 Å². The molecule has 1 aromatic carbocycles. The van der Waals surface area contributed by atoms with Gasteiger partial charge in [0.15, 0.2) is 23.3 Å². The minimum Gasteiger partial charge on any atom is -0.306 e. The van der Waals surface area contributed by atoms with Crippen molar-refractivity contribution in [3.8, 4) is 0 Å². The summed E-state index contributed by atoms with van der Waals surface area (Å²) in [4.78, 5) is 15.0. The predicted octanol–water partition coefficient (Wildman–Crippen LogP) is 2.12. The molecule has 2 N–H and O–H groups in total. The number of nitrogens with one attached hydrogen (secondary N) is 2. The maximum Gasteiger partial charge on any atom is 0.260 e. The Balaban J connectivity index is 2.75. The van der Waals surface area contributed by atoms with Crippen LogP contribution in [0.25, 0.3) is 0 Å². The van der Waals surface area contributed by atoms with Crippen LogP contribution in [0, 0.1) is 28.7 Å². The van der Waals surface area contributed by atoms with E-state index < -0.39 is 46.1 Å². The Kier molecular flexibility index (Phi) is 3.09. The number of aliphatic imine (C=N–C) groups is 1. The van der Waals surface area contributed by atoms with Crippen LogP contribution < -0.4 is 5.32 Å². The fourth-order valence-electron chi connectivity index (χ4n) is 1.60. The van der Waals surface area contributed by atoms with Crippen LogP contribution in [0.3, 0.4) is 0 Å². The van der Waals surface area contributed by atoms with Crippen molar-refractivity contribution in [2.24, 2.45) is 4.99 Å². The number of carbonyl (C=O) groups excluding carboxylic acids is 1. The largest absolute Gasteiger partial charge is 0.306 e. The third-order valence-electron chi connectivity index (χ3n) is 2.54. The predicted molar refractivity (Wildman–Crippen MR) is 58.3 cm³/mol. The first kappa shape index (κ1) is 13.2. The fraction of sp³-hybridized carbons (Fsp3) is 0.182. The summed E-state index contributed by atoms with van der Waals surface area (Å²) in [5.41, 5.74) is -1.74. The van der Waals surface area contributed by atoms with E-state index in [1.165, 1.54) is 0 Å². The molecule has 0 radical (unpaired) electrons. The molecule has 1 aliphatic rings. The third-order valence-corrected chi connectivity index (χ3v) is 2.54. The van der Waals surface area contributed by atoms with Crippen LogP contribution in [-0.2, 0) is 0 Å². The quantitative estimate of drug-likeness (QED) is 0.266. The van der Waals surface area contributed by atoms with Gasteiger partial charge in [-0.15, -0.1) is 0 Å². The molecule has 0 saturated carbocycles. The number of nitrogens with zero attached hydrogens (tertiary/aromatic N) is 1. The van der Waals surface area contributed by atoms with E-state index in [2.05, 4.69) is 4.99 Å². The van der Waals surface area contributed by atoms with Crippen LogP contribution in [0.1, 0.15) is 29.3 Å². The highest BCUT2D eigenvalue weighted by molar-refractivity contribution is 6.25. The summed E-state index contributed by atoms with van der Waals surface area (Å²) >= 11 is 0. The molecule has 0 aliphatic carbocycles. The van der Waals surface area contributed by atoms with Crippen LogP contribution in [0.2, 0.25) is 0 Å². The smallest absolute Gasteiger partial charge is 0.260 e. The normalized spacial score (nSPS) is 15.6. The minimum absolute atomic E-state index is 0.169. The van der Waals surface area contributed by atoms with Gasteiger partial charge in [0.05, 0.1) is 11.1 Å². The molecule has 1 heterocycles. The Morgan fingerprint density at radius 1 is 1.11 bits per heavy atom. The van der Waals surface area contributed by atoms with Crippen molar-refractivity contribution in [2.75, 3.05) is 0 Å². The summed E-state index contributed by atoms with van der Waals surface area (Å²) in [7, 11) is 0. The van der Waals surface area contributed by atoms with Gasteiger partial charge in [0.25, 0.3) is 5.91 Å². The van der Waals surface area contributed by atoms with Gasteiger partial charge in [-0.25, -0.2) is 22.6 Å². The van der Waals surface area contributed by atoms with Crippen molar-refractivity contribution < 1.29 is 22.4 Å². The van der Waals surface area contributed by atoms with E-state index in [0.29, 0.717) is 0 Å². The van der Waals surface area contributed by atoms with Gasteiger partial charge >= 0.3 is 0 Å². The highest BCUT2D eigenvalue weighted by atomic mass is 19.2. The first-order valence-electron chi connectivity index (χ1n) is 5.22. The summed E-state index contributed by atoms with van der Waals surface area (Å²) in [6, 6.07) is 0. The molecule has 0 aromatic heterocycles. The van der Waals surface area contributed by atoms with Crippen molar-refractivity contribution in [3.05, 3.63) is 34.4 Å². The molecule has 4 nitrogen and oxygen atoms in total. The van der Waals surface area contributed by atoms with Gasteiger partial charge < -0.3 is 5.32 Å². The standard InChI is InChI=1S/C11H7F4N3O/c1-2-3(16)17-10-4-5(11(19)18-10)7(13)9(15)8(14)6(4)12/h2H2,1H3,(H2,16,17,18,19). The molecule has 8 heteroatoms. The van der Waals surface area contributed by atoms with Crippen molar-refractivity contribution in [3.63, 3.8) is 0 Å². The van der Waals surface area contributed by atoms with Crippen LogP contribution in [0.5, 0.6) is 0 Å². The Bertz CT molecular complexity index is 640. The molecule has 1 aliphatic heterocycles. The Morgan fingerprint density at radius 3 is 2.16 bits per heavy atom. The molecule has 1 aromatic rings. The van der Waals surface area contributed by atoms with Gasteiger partial charge in [0.2, 0.25) is 0 Å². The molecule has 0 spiro atoms. The second-order valence-corrected chi connectivity index (χ2v) is 3.72. The maximum absolute atomic E-state index is 13.6. The summed E-state index contributed by atoms with van der Waals surface area (Å²) < 4.78 is 53.2.